The Morgan fingerprint density at radius 2 is 1.09 bits per heavy atom. The van der Waals surface area contributed by atoms with Gasteiger partial charge in [-0.1, -0.05) is 54.6 Å². The number of esters is 3. The number of halogens is 1. The Morgan fingerprint density at radius 1 is 0.657 bits per heavy atom. The van der Waals surface area contributed by atoms with Gasteiger partial charge in [-0.3, -0.25) is 3.83 Å². The molecule has 9 heteroatoms. The maximum absolute atomic E-state index is 12.8. The van der Waals surface area contributed by atoms with E-state index in [1.807, 2.05) is 0 Å². The van der Waals surface area contributed by atoms with Gasteiger partial charge in [0.2, 0.25) is 6.29 Å². The third kappa shape index (κ3) is 6.13. The van der Waals surface area contributed by atoms with Crippen LogP contribution in [0.15, 0.2) is 91.0 Å². The molecular formula is C26H21BrO8. The first-order chi connectivity index (χ1) is 17.1. The number of hydrogen-bond acceptors (Lipinski definition) is 8. The summed E-state index contributed by atoms with van der Waals surface area (Å²) in [6, 6.07) is 25.1. The van der Waals surface area contributed by atoms with Crippen molar-refractivity contribution in [1.29, 1.82) is 0 Å². The first kappa shape index (κ1) is 24.6. The molecule has 1 fully saturated rings. The zero-order chi connectivity index (χ0) is 24.6. The Balaban J connectivity index is 1.54. The molecule has 0 bridgehead atoms. The van der Waals surface area contributed by atoms with E-state index in [1.165, 1.54) is 0 Å². The summed E-state index contributed by atoms with van der Waals surface area (Å²) in [7, 11) is 0. The summed E-state index contributed by atoms with van der Waals surface area (Å²) in [6.07, 6.45) is -4.36. The second-order valence-electron chi connectivity index (χ2n) is 7.57. The van der Waals surface area contributed by atoms with E-state index in [0.717, 1.165) is 0 Å². The van der Waals surface area contributed by atoms with Gasteiger partial charge >= 0.3 is 17.9 Å². The van der Waals surface area contributed by atoms with E-state index in [4.69, 9.17) is 22.8 Å². The number of benzene rings is 3. The molecule has 0 spiro atoms. The molecule has 0 amide bonds. The van der Waals surface area contributed by atoms with E-state index in [2.05, 4.69) is 16.3 Å². The molecule has 8 nitrogen and oxygen atoms in total. The van der Waals surface area contributed by atoms with Crippen molar-refractivity contribution in [3.8, 4) is 0 Å². The largest absolute Gasteiger partial charge is 0.459 e. The molecule has 0 N–H and O–H groups in total. The fourth-order valence-electron chi connectivity index (χ4n) is 3.51. The fourth-order valence-corrected chi connectivity index (χ4v) is 3.81. The zero-order valence-corrected chi connectivity index (χ0v) is 19.9. The number of carbonyl (C=O) groups excluding carboxylic acids is 3. The van der Waals surface area contributed by atoms with Gasteiger partial charge < -0.3 is 18.9 Å². The SMILES string of the molecule is O=C(OC[C@H]1O[C@H](OBr)[C@@H](OC(=O)c2ccccc2)[C@@H]1OC(=O)c1ccccc1)c1ccccc1. The molecule has 180 valence electrons. The van der Waals surface area contributed by atoms with Crippen LogP contribution in [0.25, 0.3) is 0 Å². The van der Waals surface area contributed by atoms with Gasteiger partial charge in [0.1, 0.15) is 29.0 Å². The van der Waals surface area contributed by atoms with E-state index >= 15 is 0 Å². The molecule has 35 heavy (non-hydrogen) atoms. The van der Waals surface area contributed by atoms with Crippen LogP contribution >= 0.6 is 16.3 Å². The van der Waals surface area contributed by atoms with Crippen molar-refractivity contribution in [2.75, 3.05) is 6.61 Å². The smallest absolute Gasteiger partial charge is 0.338 e. The Labute approximate surface area is 210 Å². The van der Waals surface area contributed by atoms with Crippen molar-refractivity contribution in [2.24, 2.45) is 0 Å². The molecular weight excluding hydrogens is 520 g/mol. The van der Waals surface area contributed by atoms with E-state index in [-0.39, 0.29) is 6.61 Å². The van der Waals surface area contributed by atoms with Crippen molar-refractivity contribution >= 4 is 34.2 Å². The summed E-state index contributed by atoms with van der Waals surface area (Å²) in [5.74, 6) is -1.89. The highest BCUT2D eigenvalue weighted by atomic mass is 79.9. The van der Waals surface area contributed by atoms with Crippen molar-refractivity contribution < 1.29 is 37.2 Å². The quantitative estimate of drug-likeness (QED) is 0.307. The van der Waals surface area contributed by atoms with Gasteiger partial charge in [-0.05, 0) is 36.4 Å². The molecule has 0 aromatic heterocycles. The third-order valence-corrected chi connectivity index (χ3v) is 5.62. The van der Waals surface area contributed by atoms with Crippen LogP contribution < -0.4 is 0 Å². The average molecular weight is 541 g/mol. The lowest BCUT2D eigenvalue weighted by molar-refractivity contribution is -0.107. The lowest BCUT2D eigenvalue weighted by atomic mass is 10.1. The highest BCUT2D eigenvalue weighted by molar-refractivity contribution is 9.06. The number of rotatable bonds is 8. The Hall–Kier alpha value is -3.53. The molecule has 3 aromatic carbocycles. The topological polar surface area (TPSA) is 97.4 Å². The van der Waals surface area contributed by atoms with Crippen LogP contribution in [0.2, 0.25) is 0 Å². The molecule has 0 saturated carbocycles. The summed E-state index contributed by atoms with van der Waals surface area (Å²) in [5.41, 5.74) is 0.945. The molecule has 4 atom stereocenters. The Morgan fingerprint density at radius 3 is 1.54 bits per heavy atom. The predicted octanol–water partition coefficient (Wildman–Crippen LogP) is 4.35. The van der Waals surface area contributed by atoms with Gasteiger partial charge in [-0.2, -0.15) is 0 Å². The number of carbonyl (C=O) groups is 3. The fraction of sp³-hybridized carbons (Fsp3) is 0.192. The zero-order valence-electron chi connectivity index (χ0n) is 18.3. The standard InChI is InChI=1S/C26H21BrO8/c27-35-26-22(34-25(30)19-14-8-3-9-15-19)21(33-24(29)18-12-6-2-7-13-18)20(32-26)16-31-23(28)17-10-4-1-5-11-17/h1-15,20-22,26H,16H2/t20-,21-,22+,26-/m1/s1. The molecule has 0 radical (unpaired) electrons. The monoisotopic (exact) mass is 540 g/mol. The van der Waals surface area contributed by atoms with Crippen LogP contribution in [0.5, 0.6) is 0 Å². The molecule has 0 aliphatic carbocycles. The van der Waals surface area contributed by atoms with Crippen LogP contribution in [0, 0.1) is 0 Å². The molecule has 1 aliphatic heterocycles. The maximum atomic E-state index is 12.8. The molecule has 4 rings (SSSR count). The molecule has 1 aliphatic rings. The van der Waals surface area contributed by atoms with Crippen LogP contribution in [0.1, 0.15) is 31.1 Å². The van der Waals surface area contributed by atoms with Gasteiger partial charge in [0.05, 0.1) is 16.7 Å². The lowest BCUT2D eigenvalue weighted by Gasteiger charge is -2.23. The second-order valence-corrected chi connectivity index (χ2v) is 7.94. The van der Waals surface area contributed by atoms with Crippen molar-refractivity contribution in [3.63, 3.8) is 0 Å². The van der Waals surface area contributed by atoms with Gasteiger partial charge in [0.15, 0.2) is 12.2 Å². The van der Waals surface area contributed by atoms with E-state index < -0.39 is 42.5 Å². The lowest BCUT2D eigenvalue weighted by Crippen LogP contribution is -2.42. The minimum absolute atomic E-state index is 0.271. The van der Waals surface area contributed by atoms with Crippen molar-refractivity contribution in [2.45, 2.75) is 24.6 Å². The second kappa shape index (κ2) is 11.7. The van der Waals surface area contributed by atoms with Crippen molar-refractivity contribution in [3.05, 3.63) is 108 Å². The van der Waals surface area contributed by atoms with Gasteiger partial charge in [-0.25, -0.2) is 14.4 Å². The Kier molecular flexibility index (Phi) is 8.25. The number of hydrogen-bond donors (Lipinski definition) is 0. The summed E-state index contributed by atoms with van der Waals surface area (Å²) >= 11 is 2.88. The van der Waals surface area contributed by atoms with Gasteiger partial charge in [0, 0.05) is 0 Å². The normalized spacial score (nSPS) is 21.2. The predicted molar refractivity (Wildman–Crippen MR) is 127 cm³/mol. The molecule has 1 saturated heterocycles. The van der Waals surface area contributed by atoms with Crippen LogP contribution in [-0.2, 0) is 22.8 Å². The first-order valence-electron chi connectivity index (χ1n) is 10.7. The van der Waals surface area contributed by atoms with E-state index in [9.17, 15) is 14.4 Å². The first-order valence-corrected chi connectivity index (χ1v) is 11.4. The number of ether oxygens (including phenoxy) is 4. The highest BCUT2D eigenvalue weighted by Gasteiger charge is 2.51. The van der Waals surface area contributed by atoms with Crippen LogP contribution in [-0.4, -0.2) is 49.1 Å². The van der Waals surface area contributed by atoms with Crippen LogP contribution in [0.4, 0.5) is 0 Å². The molecule has 3 aromatic rings. The summed E-state index contributed by atoms with van der Waals surface area (Å²) in [6.45, 7) is -0.271. The minimum Gasteiger partial charge on any atom is -0.459 e. The Bertz CT molecular complexity index is 1140. The average Bonchev–Trinajstić information content (AvgIpc) is 3.24. The minimum atomic E-state index is -1.14. The van der Waals surface area contributed by atoms with Gasteiger partial charge in [-0.15, -0.1) is 0 Å². The molecule has 0 unspecified atom stereocenters. The van der Waals surface area contributed by atoms with E-state index in [0.29, 0.717) is 16.7 Å². The summed E-state index contributed by atoms with van der Waals surface area (Å²) in [5, 5.41) is 0. The molecule has 1 heterocycles. The summed E-state index contributed by atoms with van der Waals surface area (Å²) < 4.78 is 27.7. The van der Waals surface area contributed by atoms with Crippen molar-refractivity contribution in [1.82, 2.24) is 0 Å². The third-order valence-electron chi connectivity index (χ3n) is 5.25. The highest BCUT2D eigenvalue weighted by Crippen LogP contribution is 2.31. The van der Waals surface area contributed by atoms with E-state index in [1.54, 1.807) is 91.0 Å². The van der Waals surface area contributed by atoms with Crippen LogP contribution in [0.3, 0.4) is 0 Å². The maximum Gasteiger partial charge on any atom is 0.338 e. The summed E-state index contributed by atoms with van der Waals surface area (Å²) in [4.78, 5) is 38.0. The van der Waals surface area contributed by atoms with Gasteiger partial charge in [0.25, 0.3) is 0 Å².